The van der Waals surface area contributed by atoms with Crippen molar-refractivity contribution in [3.8, 4) is 0 Å². The van der Waals surface area contributed by atoms with Crippen LogP contribution in [0.1, 0.15) is 35.5 Å². The van der Waals surface area contributed by atoms with Gasteiger partial charge in [0.2, 0.25) is 0 Å². The number of non-ortho nitro benzene ring substituents is 1. The lowest BCUT2D eigenvalue weighted by atomic mass is 10.0. The van der Waals surface area contributed by atoms with Gasteiger partial charge < -0.3 is 15.7 Å². The molecule has 0 spiro atoms. The Morgan fingerprint density at radius 2 is 2.00 bits per heavy atom. The molecule has 0 atom stereocenters. The standard InChI is InChI=1S/C15H15N5O5/c1-15(2)11-10(7-16-15)12(19(18-11)14(22)23)17-13(21)8-3-5-9(6-4-8)20(24)25/h3-6,16H,7H2,1-2H3,(H,17,21)(H,22,23). The molecule has 2 heterocycles. The summed E-state index contributed by atoms with van der Waals surface area (Å²) in [4.78, 5) is 33.9. The van der Waals surface area contributed by atoms with Crippen LogP contribution in [0.3, 0.4) is 0 Å². The van der Waals surface area contributed by atoms with Gasteiger partial charge in [0.1, 0.15) is 5.82 Å². The fourth-order valence-corrected chi connectivity index (χ4v) is 2.69. The summed E-state index contributed by atoms with van der Waals surface area (Å²) in [6.45, 7) is 4.09. The van der Waals surface area contributed by atoms with E-state index in [1.54, 1.807) is 0 Å². The molecule has 25 heavy (non-hydrogen) atoms. The summed E-state index contributed by atoms with van der Waals surface area (Å²) in [5, 5.41) is 29.8. The summed E-state index contributed by atoms with van der Waals surface area (Å²) in [6.07, 6.45) is -1.32. The minimum atomic E-state index is -1.32. The largest absolute Gasteiger partial charge is 0.463 e. The minimum Gasteiger partial charge on any atom is -0.463 e. The number of hydrogen-bond donors (Lipinski definition) is 3. The summed E-state index contributed by atoms with van der Waals surface area (Å²) in [6, 6.07) is 5.02. The Hall–Kier alpha value is -3.27. The van der Waals surface area contributed by atoms with E-state index < -0.39 is 22.5 Å². The zero-order chi connectivity index (χ0) is 18.4. The van der Waals surface area contributed by atoms with E-state index in [1.165, 1.54) is 24.3 Å². The molecule has 0 unspecified atom stereocenters. The summed E-state index contributed by atoms with van der Waals surface area (Å²) < 4.78 is 0.733. The molecule has 1 aromatic carbocycles. The van der Waals surface area contributed by atoms with Crippen LogP contribution in [0.2, 0.25) is 0 Å². The van der Waals surface area contributed by atoms with Gasteiger partial charge in [-0.25, -0.2) is 4.79 Å². The van der Waals surface area contributed by atoms with E-state index in [1.807, 2.05) is 13.8 Å². The Bertz CT molecular complexity index is 884. The van der Waals surface area contributed by atoms with Crippen molar-refractivity contribution in [3.63, 3.8) is 0 Å². The highest BCUT2D eigenvalue weighted by Crippen LogP contribution is 2.34. The van der Waals surface area contributed by atoms with Crippen LogP contribution in [0, 0.1) is 10.1 Å². The van der Waals surface area contributed by atoms with Gasteiger partial charge >= 0.3 is 6.09 Å². The second kappa shape index (κ2) is 5.67. The monoisotopic (exact) mass is 345 g/mol. The first kappa shape index (κ1) is 16.6. The molecule has 0 saturated carbocycles. The Morgan fingerprint density at radius 1 is 1.36 bits per heavy atom. The number of aromatic nitrogens is 2. The van der Waals surface area contributed by atoms with Crippen LogP contribution in [0.5, 0.6) is 0 Å². The van der Waals surface area contributed by atoms with Crippen molar-refractivity contribution < 1.29 is 19.6 Å². The van der Waals surface area contributed by atoms with Gasteiger partial charge in [-0.1, -0.05) is 0 Å². The van der Waals surface area contributed by atoms with Gasteiger partial charge in [0.25, 0.3) is 11.6 Å². The molecule has 0 bridgehead atoms. The van der Waals surface area contributed by atoms with Crippen molar-refractivity contribution in [1.82, 2.24) is 15.1 Å². The van der Waals surface area contributed by atoms with Crippen LogP contribution in [-0.2, 0) is 12.1 Å². The van der Waals surface area contributed by atoms with Crippen molar-refractivity contribution in [3.05, 3.63) is 51.2 Å². The number of nitrogens with zero attached hydrogens (tertiary/aromatic N) is 3. The molecule has 2 aromatic rings. The van der Waals surface area contributed by atoms with Crippen molar-refractivity contribution in [1.29, 1.82) is 0 Å². The predicted octanol–water partition coefficient (Wildman–Crippen LogP) is 1.91. The molecular weight excluding hydrogens is 330 g/mol. The molecule has 0 saturated heterocycles. The number of amides is 1. The van der Waals surface area contributed by atoms with Gasteiger partial charge in [-0.2, -0.15) is 5.10 Å². The number of fused-ring (bicyclic) bond motifs is 1. The molecule has 10 heteroatoms. The van der Waals surface area contributed by atoms with Crippen molar-refractivity contribution in [2.75, 3.05) is 5.32 Å². The molecule has 1 aliphatic heterocycles. The van der Waals surface area contributed by atoms with Gasteiger partial charge in [-0.05, 0) is 26.0 Å². The van der Waals surface area contributed by atoms with Gasteiger partial charge in [-0.3, -0.25) is 14.9 Å². The van der Waals surface area contributed by atoms with Gasteiger partial charge in [0, 0.05) is 29.8 Å². The average Bonchev–Trinajstić information content (AvgIpc) is 3.06. The molecule has 1 aromatic heterocycles. The highest BCUT2D eigenvalue weighted by molar-refractivity contribution is 6.05. The van der Waals surface area contributed by atoms with Crippen molar-refractivity contribution >= 4 is 23.5 Å². The number of anilines is 1. The number of benzene rings is 1. The average molecular weight is 345 g/mol. The maximum absolute atomic E-state index is 12.4. The molecule has 0 radical (unpaired) electrons. The number of nitro groups is 1. The second-order valence-electron chi connectivity index (χ2n) is 6.11. The normalized spacial score (nSPS) is 14.8. The number of carboxylic acid groups (broad SMARTS) is 1. The van der Waals surface area contributed by atoms with Crippen LogP contribution < -0.4 is 10.6 Å². The van der Waals surface area contributed by atoms with Crippen molar-refractivity contribution in [2.24, 2.45) is 0 Å². The molecule has 3 rings (SSSR count). The lowest BCUT2D eigenvalue weighted by Gasteiger charge is -2.16. The Balaban J connectivity index is 1.94. The van der Waals surface area contributed by atoms with Crippen LogP contribution in [-0.4, -0.2) is 31.8 Å². The van der Waals surface area contributed by atoms with Crippen molar-refractivity contribution in [2.45, 2.75) is 25.9 Å². The molecule has 0 fully saturated rings. The lowest BCUT2D eigenvalue weighted by molar-refractivity contribution is -0.384. The molecule has 0 aliphatic carbocycles. The van der Waals surface area contributed by atoms with Crippen LogP contribution >= 0.6 is 0 Å². The predicted molar refractivity (Wildman–Crippen MR) is 86.6 cm³/mol. The first-order chi connectivity index (χ1) is 11.7. The van der Waals surface area contributed by atoms with Gasteiger partial charge in [-0.15, -0.1) is 4.68 Å². The summed E-state index contributed by atoms with van der Waals surface area (Å²) in [5.74, 6) is -0.506. The quantitative estimate of drug-likeness (QED) is 0.570. The summed E-state index contributed by atoms with van der Waals surface area (Å²) in [7, 11) is 0. The fraction of sp³-hybridized carbons (Fsp3) is 0.267. The summed E-state index contributed by atoms with van der Waals surface area (Å²) >= 11 is 0. The number of rotatable bonds is 3. The Labute approximate surface area is 141 Å². The smallest absolute Gasteiger partial charge is 0.434 e. The molecule has 130 valence electrons. The number of nitro benzene ring substituents is 1. The zero-order valence-electron chi connectivity index (χ0n) is 13.4. The van der Waals surface area contributed by atoms with E-state index in [4.69, 9.17) is 0 Å². The van der Waals surface area contributed by atoms with E-state index in [0.29, 0.717) is 17.8 Å². The molecule has 1 amide bonds. The molecule has 3 N–H and O–H groups in total. The third kappa shape index (κ3) is 2.83. The fourth-order valence-electron chi connectivity index (χ4n) is 2.69. The van der Waals surface area contributed by atoms with Crippen LogP contribution in [0.25, 0.3) is 0 Å². The van der Waals surface area contributed by atoms with E-state index in [-0.39, 0.29) is 17.1 Å². The summed E-state index contributed by atoms with van der Waals surface area (Å²) in [5.41, 5.74) is 0.668. The number of carbonyl (C=O) groups is 2. The Kier molecular flexibility index (Phi) is 3.76. The zero-order valence-corrected chi connectivity index (χ0v) is 13.4. The number of nitrogens with one attached hydrogen (secondary N) is 2. The highest BCUT2D eigenvalue weighted by atomic mass is 16.6. The van der Waals surface area contributed by atoms with Gasteiger partial charge in [0.15, 0.2) is 0 Å². The first-order valence-corrected chi connectivity index (χ1v) is 7.37. The number of carbonyl (C=O) groups excluding carboxylic acids is 1. The Morgan fingerprint density at radius 3 is 2.56 bits per heavy atom. The lowest BCUT2D eigenvalue weighted by Crippen LogP contribution is -2.31. The third-order valence-electron chi connectivity index (χ3n) is 4.04. The van der Waals surface area contributed by atoms with E-state index in [2.05, 4.69) is 15.7 Å². The van der Waals surface area contributed by atoms with E-state index in [0.717, 1.165) is 4.68 Å². The van der Waals surface area contributed by atoms with Crippen LogP contribution in [0.15, 0.2) is 24.3 Å². The minimum absolute atomic E-state index is 0.0731. The van der Waals surface area contributed by atoms with E-state index in [9.17, 15) is 24.8 Å². The topological polar surface area (TPSA) is 139 Å². The van der Waals surface area contributed by atoms with Crippen LogP contribution in [0.4, 0.5) is 16.3 Å². The maximum atomic E-state index is 12.4. The molecular formula is C15H15N5O5. The number of hydrogen-bond acceptors (Lipinski definition) is 6. The maximum Gasteiger partial charge on any atom is 0.434 e. The highest BCUT2D eigenvalue weighted by Gasteiger charge is 2.37. The second-order valence-corrected chi connectivity index (χ2v) is 6.11. The SMILES string of the molecule is CC1(C)NCc2c1nn(C(=O)O)c2NC(=O)c1ccc([N+](=O)[O-])cc1. The molecule has 1 aliphatic rings. The first-order valence-electron chi connectivity index (χ1n) is 7.37. The molecule has 10 nitrogen and oxygen atoms in total. The third-order valence-corrected chi connectivity index (χ3v) is 4.04. The van der Waals surface area contributed by atoms with E-state index >= 15 is 0 Å². The van der Waals surface area contributed by atoms with Gasteiger partial charge in [0.05, 0.1) is 16.2 Å².